The third-order valence-corrected chi connectivity index (χ3v) is 12.2. The second kappa shape index (κ2) is 52.0. The first-order valence-electron chi connectivity index (χ1n) is 27.5. The predicted molar refractivity (Wildman–Crippen MR) is 288 cm³/mol. The highest BCUT2D eigenvalue weighted by Gasteiger charge is 2.28. The zero-order valence-corrected chi connectivity index (χ0v) is 45.1. The third kappa shape index (κ3) is 49.6. The lowest BCUT2D eigenvalue weighted by Crippen LogP contribution is -2.30. The maximum absolute atomic E-state index is 12.9. The lowest BCUT2D eigenvalue weighted by molar-refractivity contribution is -0.161. The SMILES string of the molecule is CC/C=C\C/C=C\C/C=C\C/C=C\C/C=C\CCCC(=O)OCC(COP(=O)(O)OCC(CO)OC(=O)CCCCCCC/C=C\CCCC)OC(=O)CCCCCCC/C=C\CCCCCCCC. The first-order valence-corrected chi connectivity index (χ1v) is 29.0. The number of esters is 3. The van der Waals surface area contributed by atoms with Crippen LogP contribution in [-0.2, 0) is 42.2 Å². The number of hydrogen-bond acceptors (Lipinski definition) is 10. The fourth-order valence-electron chi connectivity index (χ4n) is 7.07. The van der Waals surface area contributed by atoms with E-state index in [-0.39, 0.29) is 25.9 Å². The second-order valence-corrected chi connectivity index (χ2v) is 19.5. The zero-order chi connectivity index (χ0) is 51.3. The van der Waals surface area contributed by atoms with Gasteiger partial charge in [-0.2, -0.15) is 0 Å². The Kier molecular flexibility index (Phi) is 49.5. The number of aliphatic hydroxyl groups is 1. The molecule has 0 saturated carbocycles. The van der Waals surface area contributed by atoms with Crippen molar-refractivity contribution >= 4 is 25.7 Å². The monoisotopic (exact) mass is 1000 g/mol. The normalized spacial score (nSPS) is 14.1. The van der Waals surface area contributed by atoms with Crippen molar-refractivity contribution in [3.05, 3.63) is 85.1 Å². The van der Waals surface area contributed by atoms with Gasteiger partial charge in [0.2, 0.25) is 0 Å². The van der Waals surface area contributed by atoms with E-state index in [9.17, 15) is 28.9 Å². The highest BCUT2D eigenvalue weighted by Crippen LogP contribution is 2.43. The molecule has 0 amide bonds. The van der Waals surface area contributed by atoms with Gasteiger partial charge in [-0.05, 0) is 103 Å². The summed E-state index contributed by atoms with van der Waals surface area (Å²) in [6.45, 7) is 4.39. The van der Waals surface area contributed by atoms with E-state index in [1.807, 2.05) is 6.08 Å². The number of carbonyl (C=O) groups excluding carboxylic acids is 3. The molecule has 70 heavy (non-hydrogen) atoms. The van der Waals surface area contributed by atoms with Crippen molar-refractivity contribution in [3.8, 4) is 0 Å². The Morgan fingerprint density at radius 2 is 0.771 bits per heavy atom. The van der Waals surface area contributed by atoms with Crippen molar-refractivity contribution in [2.24, 2.45) is 0 Å². The minimum absolute atomic E-state index is 0.142. The van der Waals surface area contributed by atoms with Crippen LogP contribution in [0.1, 0.15) is 226 Å². The number of allylic oxidation sites excluding steroid dienone is 14. The Morgan fingerprint density at radius 3 is 1.24 bits per heavy atom. The molecule has 3 unspecified atom stereocenters. The van der Waals surface area contributed by atoms with Gasteiger partial charge < -0.3 is 24.2 Å². The molecule has 0 rings (SSSR count). The molecule has 0 saturated heterocycles. The highest BCUT2D eigenvalue weighted by atomic mass is 31.2. The first-order chi connectivity index (χ1) is 34.2. The number of ether oxygens (including phenoxy) is 3. The molecule has 0 aliphatic carbocycles. The van der Waals surface area contributed by atoms with Gasteiger partial charge in [0.05, 0.1) is 19.8 Å². The number of unbranched alkanes of at least 4 members (excludes halogenated alkanes) is 19. The van der Waals surface area contributed by atoms with Crippen LogP contribution in [0.3, 0.4) is 0 Å². The molecule has 3 atom stereocenters. The van der Waals surface area contributed by atoms with E-state index in [1.165, 1.54) is 51.4 Å². The number of phosphoric acid groups is 1. The smallest absolute Gasteiger partial charge is 0.462 e. The predicted octanol–water partition coefficient (Wildman–Crippen LogP) is 15.9. The molecular weight excluding hydrogens is 904 g/mol. The largest absolute Gasteiger partial charge is 0.472 e. The molecular formula is C58H99O11P. The molecule has 0 aromatic rings. The van der Waals surface area contributed by atoms with Crippen LogP contribution in [0.25, 0.3) is 0 Å². The summed E-state index contributed by atoms with van der Waals surface area (Å²) in [7, 11) is -4.76. The van der Waals surface area contributed by atoms with Crippen molar-refractivity contribution in [2.45, 2.75) is 238 Å². The molecule has 0 radical (unpaired) electrons. The quantitative estimate of drug-likeness (QED) is 0.0197. The number of rotatable bonds is 50. The van der Waals surface area contributed by atoms with Crippen LogP contribution < -0.4 is 0 Å². The van der Waals surface area contributed by atoms with E-state index in [2.05, 4.69) is 99.8 Å². The summed E-state index contributed by atoms with van der Waals surface area (Å²) in [5, 5.41) is 9.77. The molecule has 402 valence electrons. The van der Waals surface area contributed by atoms with Gasteiger partial charge in [-0.15, -0.1) is 0 Å². The van der Waals surface area contributed by atoms with Gasteiger partial charge in [0, 0.05) is 19.3 Å². The van der Waals surface area contributed by atoms with Crippen molar-refractivity contribution in [1.82, 2.24) is 0 Å². The number of aliphatic hydroxyl groups excluding tert-OH is 1. The van der Waals surface area contributed by atoms with Crippen molar-refractivity contribution < 1.29 is 52.2 Å². The highest BCUT2D eigenvalue weighted by molar-refractivity contribution is 7.47. The minimum Gasteiger partial charge on any atom is -0.462 e. The number of hydrogen-bond donors (Lipinski definition) is 2. The summed E-state index contributed by atoms with van der Waals surface area (Å²) >= 11 is 0. The molecule has 2 N–H and O–H groups in total. The topological polar surface area (TPSA) is 155 Å². The molecule has 0 aromatic carbocycles. The van der Waals surface area contributed by atoms with Gasteiger partial charge in [-0.3, -0.25) is 23.4 Å². The molecule has 12 heteroatoms. The first kappa shape index (κ1) is 66.7. The second-order valence-electron chi connectivity index (χ2n) is 18.0. The molecule has 0 fully saturated rings. The summed E-state index contributed by atoms with van der Waals surface area (Å²) in [5.41, 5.74) is 0. The van der Waals surface area contributed by atoms with Gasteiger partial charge in [0.1, 0.15) is 12.7 Å². The molecule has 0 bridgehead atoms. The molecule has 11 nitrogen and oxygen atoms in total. The van der Waals surface area contributed by atoms with E-state index in [0.717, 1.165) is 109 Å². The maximum Gasteiger partial charge on any atom is 0.472 e. The Hall–Kier alpha value is -3.34. The maximum atomic E-state index is 12.9. The number of carbonyl (C=O) groups is 3. The number of phosphoric ester groups is 1. The van der Waals surface area contributed by atoms with Crippen molar-refractivity contribution in [3.63, 3.8) is 0 Å². The van der Waals surface area contributed by atoms with Gasteiger partial charge >= 0.3 is 25.7 Å². The standard InChI is InChI=1S/C58H99O11P/c1-4-7-10-13-16-19-22-24-26-27-29-30-33-35-38-41-44-47-56(60)65-51-55(69-58(62)49-46-43-40-37-34-31-28-25-23-20-17-14-11-8-5-2)53-67-70(63,64)66-52-54(50-59)68-57(61)48-45-42-39-36-32-21-18-15-12-9-6-3/h7,10,15-16,18-19,24-26,28-30,35,38,54-55,59H,4-6,8-9,11-14,17,20-23,27,31-34,36-37,39-53H2,1-3H3,(H,63,64)/b10-7-,18-15-,19-16-,26-24-,28-25-,30-29-,38-35-. The van der Waals surface area contributed by atoms with Crippen molar-refractivity contribution in [1.29, 1.82) is 0 Å². The Balaban J connectivity index is 4.85. The average molecular weight is 1000 g/mol. The van der Waals surface area contributed by atoms with Crippen LogP contribution in [0.4, 0.5) is 0 Å². The van der Waals surface area contributed by atoms with E-state index in [1.54, 1.807) is 0 Å². The minimum atomic E-state index is -4.76. The molecule has 0 aliphatic heterocycles. The fraction of sp³-hybridized carbons (Fsp3) is 0.707. The molecule has 0 aliphatic rings. The third-order valence-electron chi connectivity index (χ3n) is 11.3. The van der Waals surface area contributed by atoms with Crippen LogP contribution in [0.2, 0.25) is 0 Å². The Morgan fingerprint density at radius 1 is 0.414 bits per heavy atom. The fourth-order valence-corrected chi connectivity index (χ4v) is 7.86. The van der Waals surface area contributed by atoms with E-state index >= 15 is 0 Å². The molecule has 0 spiro atoms. The molecule has 0 aromatic heterocycles. The zero-order valence-electron chi connectivity index (χ0n) is 44.2. The van der Waals surface area contributed by atoms with E-state index in [0.29, 0.717) is 25.7 Å². The summed E-state index contributed by atoms with van der Waals surface area (Å²) in [6.07, 6.45) is 58.4. The van der Waals surface area contributed by atoms with Crippen LogP contribution >= 0.6 is 7.82 Å². The van der Waals surface area contributed by atoms with Gasteiger partial charge in [0.25, 0.3) is 0 Å². The van der Waals surface area contributed by atoms with Gasteiger partial charge in [-0.25, -0.2) is 4.57 Å². The van der Waals surface area contributed by atoms with Crippen LogP contribution in [0, 0.1) is 0 Å². The summed E-state index contributed by atoms with van der Waals surface area (Å²) in [6, 6.07) is 0. The molecule has 0 heterocycles. The lowest BCUT2D eigenvalue weighted by Gasteiger charge is -2.21. The van der Waals surface area contributed by atoms with Crippen molar-refractivity contribution in [2.75, 3.05) is 26.4 Å². The summed E-state index contributed by atoms with van der Waals surface area (Å²) < 4.78 is 39.3. The average Bonchev–Trinajstić information content (AvgIpc) is 3.35. The van der Waals surface area contributed by atoms with Crippen LogP contribution in [0.5, 0.6) is 0 Å². The van der Waals surface area contributed by atoms with Gasteiger partial charge in [0.15, 0.2) is 6.10 Å². The van der Waals surface area contributed by atoms with E-state index in [4.69, 9.17) is 23.3 Å². The summed E-state index contributed by atoms with van der Waals surface area (Å²) in [5.74, 6) is -1.56. The van der Waals surface area contributed by atoms with Gasteiger partial charge in [-0.1, -0.05) is 189 Å². The van der Waals surface area contributed by atoms with Crippen LogP contribution in [-0.4, -0.2) is 66.5 Å². The Bertz CT molecular complexity index is 1500. The lowest BCUT2D eigenvalue weighted by atomic mass is 10.1. The Labute approximate surface area is 426 Å². The van der Waals surface area contributed by atoms with Crippen LogP contribution in [0.15, 0.2) is 85.1 Å². The summed E-state index contributed by atoms with van der Waals surface area (Å²) in [4.78, 5) is 48.4. The van der Waals surface area contributed by atoms with E-state index < -0.39 is 57.8 Å².